The van der Waals surface area contributed by atoms with Gasteiger partial charge in [-0.15, -0.1) is 0 Å². The molecular weight excluding hydrogens is 426 g/mol. The number of para-hydroxylation sites is 1. The second kappa shape index (κ2) is 8.71. The fraction of sp³-hybridized carbons (Fsp3) is 0.214. The summed E-state index contributed by atoms with van der Waals surface area (Å²) in [6.45, 7) is 2.32. The normalized spacial score (nSPS) is 18.1. The lowest BCUT2D eigenvalue weighted by Gasteiger charge is -2.27. The van der Waals surface area contributed by atoms with Gasteiger partial charge in [0.05, 0.1) is 6.04 Å². The number of rotatable bonds is 6. The highest BCUT2D eigenvalue weighted by Gasteiger charge is 2.51. The van der Waals surface area contributed by atoms with Gasteiger partial charge in [0.15, 0.2) is 5.78 Å². The number of nitrogens with zero attached hydrogens (tertiary/aromatic N) is 3. The molecule has 5 rings (SSSR count). The smallest absolute Gasteiger partial charge is 0.291 e. The maximum Gasteiger partial charge on any atom is 0.291 e. The minimum atomic E-state index is -1.09. The topological polar surface area (TPSA) is 72.3 Å². The molecule has 1 saturated heterocycles. The Balaban J connectivity index is 1.51. The number of hydrogen-bond donors (Lipinski definition) is 0. The summed E-state index contributed by atoms with van der Waals surface area (Å²) in [5, 5.41) is 1.12. The largest absolute Gasteiger partial charge is 0.350 e. The van der Waals surface area contributed by atoms with Crippen LogP contribution in [0, 0.1) is 12.8 Å². The van der Waals surface area contributed by atoms with Gasteiger partial charge >= 0.3 is 0 Å². The van der Waals surface area contributed by atoms with Crippen LogP contribution < -0.4 is 0 Å². The van der Waals surface area contributed by atoms with Crippen molar-refractivity contribution in [1.29, 1.82) is 0 Å². The van der Waals surface area contributed by atoms with Crippen molar-refractivity contribution in [2.75, 3.05) is 6.54 Å². The number of likely N-dealkylation sites (tertiary alicyclic amines) is 1. The molecule has 1 aliphatic heterocycles. The maximum absolute atomic E-state index is 13.4. The highest BCUT2D eigenvalue weighted by atomic mass is 16.2. The molecule has 6 nitrogen and oxygen atoms in total. The van der Waals surface area contributed by atoms with E-state index in [9.17, 15) is 14.4 Å². The molecule has 1 aliphatic rings. The highest BCUT2D eigenvalue weighted by molar-refractivity contribution is 6.44. The van der Waals surface area contributed by atoms with E-state index in [1.54, 1.807) is 23.2 Å². The molecule has 1 fully saturated rings. The van der Waals surface area contributed by atoms with Crippen LogP contribution in [-0.4, -0.2) is 38.5 Å². The molecule has 4 aromatic rings. The van der Waals surface area contributed by atoms with E-state index in [4.69, 9.17) is 0 Å². The van der Waals surface area contributed by atoms with Gasteiger partial charge in [0.2, 0.25) is 5.78 Å². The van der Waals surface area contributed by atoms with Crippen molar-refractivity contribution in [3.8, 4) is 0 Å². The molecule has 0 aliphatic carbocycles. The van der Waals surface area contributed by atoms with E-state index in [2.05, 4.69) is 27.9 Å². The first-order valence-electron chi connectivity index (χ1n) is 11.3. The van der Waals surface area contributed by atoms with Crippen LogP contribution >= 0.6 is 0 Å². The number of aromatic nitrogens is 2. The second-order valence-corrected chi connectivity index (χ2v) is 8.83. The first-order valence-corrected chi connectivity index (χ1v) is 11.3. The fourth-order valence-electron chi connectivity index (χ4n) is 4.92. The van der Waals surface area contributed by atoms with Crippen molar-refractivity contribution in [2.24, 2.45) is 13.0 Å². The minimum absolute atomic E-state index is 0.335. The average molecular weight is 452 g/mol. The monoisotopic (exact) mass is 451 g/mol. The Bertz CT molecular complexity index is 1390. The van der Waals surface area contributed by atoms with Crippen molar-refractivity contribution in [1.82, 2.24) is 14.5 Å². The molecule has 0 saturated carbocycles. The second-order valence-electron chi connectivity index (χ2n) is 8.83. The van der Waals surface area contributed by atoms with Crippen LogP contribution in [0.4, 0.5) is 0 Å². The van der Waals surface area contributed by atoms with E-state index < -0.39 is 23.7 Å². The molecule has 2 aromatic carbocycles. The van der Waals surface area contributed by atoms with E-state index in [1.807, 2.05) is 50.4 Å². The number of carbonyl (C=O) groups is 3. The number of ketones is 2. The quantitative estimate of drug-likeness (QED) is 0.252. The van der Waals surface area contributed by atoms with Gasteiger partial charge in [-0.3, -0.25) is 19.4 Å². The van der Waals surface area contributed by atoms with Crippen LogP contribution in [0.25, 0.3) is 10.9 Å². The van der Waals surface area contributed by atoms with Crippen molar-refractivity contribution >= 4 is 28.4 Å². The molecule has 2 atom stereocenters. The summed E-state index contributed by atoms with van der Waals surface area (Å²) in [5.74, 6) is -2.72. The fourth-order valence-corrected chi connectivity index (χ4v) is 4.92. The van der Waals surface area contributed by atoms with Gasteiger partial charge in [-0.1, -0.05) is 48.0 Å². The van der Waals surface area contributed by atoms with Crippen LogP contribution in [0.3, 0.4) is 0 Å². The van der Waals surface area contributed by atoms with Gasteiger partial charge in [0.1, 0.15) is 5.92 Å². The van der Waals surface area contributed by atoms with E-state index >= 15 is 0 Å². The van der Waals surface area contributed by atoms with Crippen LogP contribution in [0.1, 0.15) is 33.1 Å². The summed E-state index contributed by atoms with van der Waals surface area (Å²) in [6, 6.07) is 18.4. The number of hydrogen-bond acceptors (Lipinski definition) is 4. The van der Waals surface area contributed by atoms with Gasteiger partial charge in [-0.05, 0) is 42.7 Å². The van der Waals surface area contributed by atoms with Crippen molar-refractivity contribution < 1.29 is 14.4 Å². The van der Waals surface area contributed by atoms with Crippen LogP contribution in [-0.2, 0) is 23.1 Å². The van der Waals surface area contributed by atoms with Gasteiger partial charge in [-0.25, -0.2) is 0 Å². The maximum atomic E-state index is 13.4. The lowest BCUT2D eigenvalue weighted by molar-refractivity contribution is -0.140. The Kier molecular flexibility index (Phi) is 5.57. The molecule has 170 valence electrons. The van der Waals surface area contributed by atoms with Gasteiger partial charge in [0, 0.05) is 48.6 Å². The van der Waals surface area contributed by atoms with Gasteiger partial charge in [-0.2, -0.15) is 0 Å². The Labute approximate surface area is 197 Å². The van der Waals surface area contributed by atoms with Gasteiger partial charge in [0.25, 0.3) is 5.91 Å². The predicted molar refractivity (Wildman–Crippen MR) is 129 cm³/mol. The van der Waals surface area contributed by atoms with Gasteiger partial charge < -0.3 is 9.47 Å². The summed E-state index contributed by atoms with van der Waals surface area (Å²) in [6.07, 6.45) is 5.67. The highest BCUT2D eigenvalue weighted by Crippen LogP contribution is 2.38. The average Bonchev–Trinajstić information content (AvgIpc) is 3.31. The Hall–Kier alpha value is -4.06. The molecule has 0 bridgehead atoms. The number of amides is 1. The zero-order valence-corrected chi connectivity index (χ0v) is 19.1. The summed E-state index contributed by atoms with van der Waals surface area (Å²) < 4.78 is 2.06. The molecule has 2 unspecified atom stereocenters. The third kappa shape index (κ3) is 3.71. The molecule has 2 aromatic heterocycles. The first-order chi connectivity index (χ1) is 16.5. The SMILES string of the molecule is Cc1ccc(C2C(C(=O)c3cccnc3)C(=O)C(=O)N2CCc2cn(C)c3ccccc23)cc1. The van der Waals surface area contributed by atoms with E-state index in [0.29, 0.717) is 18.5 Å². The summed E-state index contributed by atoms with van der Waals surface area (Å²) in [5.41, 5.74) is 4.40. The summed E-state index contributed by atoms with van der Waals surface area (Å²) in [4.78, 5) is 45.4. The molecular formula is C28H25N3O3. The summed E-state index contributed by atoms with van der Waals surface area (Å²) >= 11 is 0. The Morgan fingerprint density at radius 3 is 2.50 bits per heavy atom. The first kappa shape index (κ1) is 21.8. The number of benzene rings is 2. The number of aryl methyl sites for hydroxylation is 2. The Morgan fingerprint density at radius 2 is 1.76 bits per heavy atom. The molecule has 6 heteroatoms. The molecule has 34 heavy (non-hydrogen) atoms. The number of fused-ring (bicyclic) bond motifs is 1. The lowest BCUT2D eigenvalue weighted by Crippen LogP contribution is -2.32. The minimum Gasteiger partial charge on any atom is -0.350 e. The molecule has 0 N–H and O–H groups in total. The van der Waals surface area contributed by atoms with Crippen LogP contribution in [0.2, 0.25) is 0 Å². The van der Waals surface area contributed by atoms with E-state index in [0.717, 1.165) is 27.6 Å². The van der Waals surface area contributed by atoms with Crippen molar-refractivity contribution in [3.63, 3.8) is 0 Å². The van der Waals surface area contributed by atoms with Crippen LogP contribution in [0.5, 0.6) is 0 Å². The zero-order chi connectivity index (χ0) is 23.8. The van der Waals surface area contributed by atoms with Crippen molar-refractivity contribution in [3.05, 3.63) is 102 Å². The number of carbonyl (C=O) groups excluding carboxylic acids is 3. The summed E-state index contributed by atoms with van der Waals surface area (Å²) in [7, 11) is 1.99. The standard InChI is InChI=1S/C28H25N3O3/c1-18-9-11-19(12-10-18)25-24(26(32)20-6-5-14-29-16-20)27(33)28(34)31(25)15-13-21-17-30(2)23-8-4-3-7-22(21)23/h3-12,14,16-17,24-25H,13,15H2,1-2H3. The molecule has 0 radical (unpaired) electrons. The van der Waals surface area contributed by atoms with E-state index in [-0.39, 0.29) is 5.78 Å². The van der Waals surface area contributed by atoms with Crippen LogP contribution in [0.15, 0.2) is 79.3 Å². The predicted octanol–water partition coefficient (Wildman–Crippen LogP) is 4.08. The number of pyridine rings is 1. The molecule has 1 amide bonds. The number of Topliss-reactive ketones (excluding diaryl/α,β-unsaturated/α-hetero) is 2. The molecule has 3 heterocycles. The molecule has 0 spiro atoms. The lowest BCUT2D eigenvalue weighted by atomic mass is 9.86. The third-order valence-corrected chi connectivity index (χ3v) is 6.65. The van der Waals surface area contributed by atoms with E-state index in [1.165, 1.54) is 6.20 Å². The van der Waals surface area contributed by atoms with Crippen molar-refractivity contribution in [2.45, 2.75) is 19.4 Å². The zero-order valence-electron chi connectivity index (χ0n) is 19.1. The Morgan fingerprint density at radius 1 is 1.00 bits per heavy atom. The third-order valence-electron chi connectivity index (χ3n) is 6.65.